The fourth-order valence-corrected chi connectivity index (χ4v) is 2.72. The molecule has 1 aliphatic rings. The summed E-state index contributed by atoms with van der Waals surface area (Å²) in [6, 6.07) is 12.3. The zero-order valence-corrected chi connectivity index (χ0v) is 9.42. The molecular formula is C12H12N2S. The van der Waals surface area contributed by atoms with Crippen LogP contribution in [-0.2, 0) is 0 Å². The summed E-state index contributed by atoms with van der Waals surface area (Å²) in [6.07, 6.45) is 0.496. The molecule has 15 heavy (non-hydrogen) atoms. The molecule has 0 N–H and O–H groups in total. The van der Waals surface area contributed by atoms with Gasteiger partial charge in [0.1, 0.15) is 0 Å². The molecule has 1 unspecified atom stereocenters. The van der Waals surface area contributed by atoms with Gasteiger partial charge in [-0.15, -0.1) is 11.8 Å². The molecule has 0 saturated heterocycles. The van der Waals surface area contributed by atoms with E-state index < -0.39 is 0 Å². The highest BCUT2D eigenvalue weighted by atomic mass is 32.2. The first kappa shape index (κ1) is 10.3. The van der Waals surface area contributed by atoms with Gasteiger partial charge in [-0.05, 0) is 6.92 Å². The molecule has 0 saturated carbocycles. The topological polar surface area (TPSA) is 36.1 Å². The van der Waals surface area contributed by atoms with Crippen LogP contribution < -0.4 is 0 Å². The van der Waals surface area contributed by atoms with E-state index in [0.29, 0.717) is 6.42 Å². The molecule has 1 aromatic rings. The van der Waals surface area contributed by atoms with Gasteiger partial charge in [0.25, 0.3) is 0 Å². The summed E-state index contributed by atoms with van der Waals surface area (Å²) >= 11 is 1.74. The standard InChI is InChI=1S/C12H12N2S/c1-12(7-8-13)9-15-11(14-12)10-5-3-2-4-6-10/h2-6H,7,9H2,1H3. The number of benzene rings is 1. The maximum Gasteiger partial charge on any atom is 0.0985 e. The fraction of sp³-hybridized carbons (Fsp3) is 0.333. The van der Waals surface area contributed by atoms with Crippen molar-refractivity contribution in [1.29, 1.82) is 5.26 Å². The molecule has 1 heterocycles. The number of nitrogens with zero attached hydrogens (tertiary/aromatic N) is 2. The van der Waals surface area contributed by atoms with Crippen molar-refractivity contribution in [2.75, 3.05) is 5.75 Å². The number of aliphatic imine (C=N–C) groups is 1. The van der Waals surface area contributed by atoms with Crippen LogP contribution in [0.2, 0.25) is 0 Å². The predicted molar refractivity (Wildman–Crippen MR) is 64.1 cm³/mol. The van der Waals surface area contributed by atoms with Crippen molar-refractivity contribution < 1.29 is 0 Å². The van der Waals surface area contributed by atoms with Crippen LogP contribution in [0.3, 0.4) is 0 Å². The molecule has 2 rings (SSSR count). The number of rotatable bonds is 2. The van der Waals surface area contributed by atoms with E-state index in [1.807, 2.05) is 25.1 Å². The molecule has 0 bridgehead atoms. The van der Waals surface area contributed by atoms with Crippen molar-refractivity contribution in [2.24, 2.45) is 4.99 Å². The smallest absolute Gasteiger partial charge is 0.0985 e. The average molecular weight is 216 g/mol. The zero-order chi connectivity index (χ0) is 10.7. The van der Waals surface area contributed by atoms with Gasteiger partial charge >= 0.3 is 0 Å². The Kier molecular flexibility index (Phi) is 2.79. The Balaban J connectivity index is 2.24. The lowest BCUT2D eigenvalue weighted by atomic mass is 10.0. The third kappa shape index (κ3) is 2.21. The highest BCUT2D eigenvalue weighted by Crippen LogP contribution is 2.32. The van der Waals surface area contributed by atoms with E-state index in [-0.39, 0.29) is 5.54 Å². The van der Waals surface area contributed by atoms with E-state index in [0.717, 1.165) is 16.4 Å². The van der Waals surface area contributed by atoms with Gasteiger partial charge in [0.2, 0.25) is 0 Å². The first-order valence-corrected chi connectivity index (χ1v) is 5.87. The van der Waals surface area contributed by atoms with Crippen LogP contribution in [0.15, 0.2) is 35.3 Å². The van der Waals surface area contributed by atoms with Gasteiger partial charge in [0.05, 0.1) is 23.1 Å². The second-order valence-electron chi connectivity index (χ2n) is 3.90. The minimum absolute atomic E-state index is 0.190. The minimum atomic E-state index is -0.190. The second-order valence-corrected chi connectivity index (χ2v) is 4.87. The Morgan fingerprint density at radius 2 is 2.20 bits per heavy atom. The molecule has 0 spiro atoms. The number of hydrogen-bond acceptors (Lipinski definition) is 3. The van der Waals surface area contributed by atoms with Gasteiger partial charge in [0, 0.05) is 11.3 Å². The van der Waals surface area contributed by atoms with Crippen LogP contribution in [0, 0.1) is 11.3 Å². The van der Waals surface area contributed by atoms with Crippen LogP contribution in [0.25, 0.3) is 0 Å². The quantitative estimate of drug-likeness (QED) is 0.762. The molecule has 76 valence electrons. The molecule has 1 atom stereocenters. The van der Waals surface area contributed by atoms with E-state index >= 15 is 0 Å². The first-order valence-electron chi connectivity index (χ1n) is 4.88. The molecule has 0 radical (unpaired) electrons. The lowest BCUT2D eigenvalue weighted by molar-refractivity contribution is 0.556. The Labute approximate surface area is 94.0 Å². The summed E-state index contributed by atoms with van der Waals surface area (Å²) in [4.78, 5) is 4.64. The van der Waals surface area contributed by atoms with E-state index in [2.05, 4.69) is 23.2 Å². The van der Waals surface area contributed by atoms with Crippen molar-refractivity contribution in [3.05, 3.63) is 35.9 Å². The largest absolute Gasteiger partial charge is 0.270 e. The summed E-state index contributed by atoms with van der Waals surface area (Å²) in [5.74, 6) is 0.908. The normalized spacial score (nSPS) is 24.7. The summed E-state index contributed by atoms with van der Waals surface area (Å²) in [5, 5.41) is 9.78. The van der Waals surface area contributed by atoms with Crippen LogP contribution in [0.4, 0.5) is 0 Å². The summed E-state index contributed by atoms with van der Waals surface area (Å²) < 4.78 is 0. The maximum atomic E-state index is 8.72. The predicted octanol–water partition coefficient (Wildman–Crippen LogP) is 2.85. The van der Waals surface area contributed by atoms with Crippen molar-refractivity contribution in [2.45, 2.75) is 18.9 Å². The summed E-state index contributed by atoms with van der Waals surface area (Å²) in [6.45, 7) is 2.04. The van der Waals surface area contributed by atoms with Gasteiger partial charge < -0.3 is 0 Å². The van der Waals surface area contributed by atoms with Gasteiger partial charge in [-0.2, -0.15) is 5.26 Å². The molecule has 0 aromatic heterocycles. The number of nitriles is 1. The van der Waals surface area contributed by atoms with Gasteiger partial charge in [-0.1, -0.05) is 30.3 Å². The van der Waals surface area contributed by atoms with Gasteiger partial charge in [-0.3, -0.25) is 4.99 Å². The number of hydrogen-bond donors (Lipinski definition) is 0. The van der Waals surface area contributed by atoms with Crippen LogP contribution >= 0.6 is 11.8 Å². The minimum Gasteiger partial charge on any atom is -0.270 e. The van der Waals surface area contributed by atoms with Crippen LogP contribution in [-0.4, -0.2) is 16.3 Å². The van der Waals surface area contributed by atoms with Crippen molar-refractivity contribution >= 4 is 16.8 Å². The Bertz CT molecular complexity index is 419. The Hall–Kier alpha value is -1.27. The summed E-state index contributed by atoms with van der Waals surface area (Å²) in [5.41, 5.74) is 0.967. The van der Waals surface area contributed by atoms with E-state index in [4.69, 9.17) is 5.26 Å². The maximum absolute atomic E-state index is 8.72. The molecule has 1 aromatic carbocycles. The van der Waals surface area contributed by atoms with E-state index in [1.165, 1.54) is 0 Å². The Morgan fingerprint density at radius 3 is 2.87 bits per heavy atom. The number of thioether (sulfide) groups is 1. The average Bonchev–Trinajstić information content (AvgIpc) is 2.63. The van der Waals surface area contributed by atoms with E-state index in [1.54, 1.807) is 11.8 Å². The van der Waals surface area contributed by atoms with Gasteiger partial charge in [-0.25, -0.2) is 0 Å². The first-order chi connectivity index (χ1) is 7.23. The second kappa shape index (κ2) is 4.08. The summed E-state index contributed by atoms with van der Waals surface area (Å²) in [7, 11) is 0. The molecule has 1 aliphatic heterocycles. The van der Waals surface area contributed by atoms with Crippen molar-refractivity contribution in [1.82, 2.24) is 0 Å². The van der Waals surface area contributed by atoms with Gasteiger partial charge in [0.15, 0.2) is 0 Å². The fourth-order valence-electron chi connectivity index (χ4n) is 1.52. The zero-order valence-electron chi connectivity index (χ0n) is 8.60. The lowest BCUT2D eigenvalue weighted by Crippen LogP contribution is -2.20. The molecular weight excluding hydrogens is 204 g/mol. The SMILES string of the molecule is CC1(CC#N)CSC(c2ccccc2)=N1. The van der Waals surface area contributed by atoms with Crippen molar-refractivity contribution in [3.8, 4) is 6.07 Å². The highest BCUT2D eigenvalue weighted by molar-refractivity contribution is 8.14. The van der Waals surface area contributed by atoms with E-state index in [9.17, 15) is 0 Å². The monoisotopic (exact) mass is 216 g/mol. The third-order valence-electron chi connectivity index (χ3n) is 2.37. The van der Waals surface area contributed by atoms with Crippen LogP contribution in [0.5, 0.6) is 0 Å². The van der Waals surface area contributed by atoms with Crippen molar-refractivity contribution in [3.63, 3.8) is 0 Å². The molecule has 3 heteroatoms. The molecule has 0 fully saturated rings. The molecule has 2 nitrogen and oxygen atoms in total. The molecule has 0 aliphatic carbocycles. The third-order valence-corrected chi connectivity index (χ3v) is 3.74. The highest BCUT2D eigenvalue weighted by Gasteiger charge is 2.30. The Morgan fingerprint density at radius 1 is 1.47 bits per heavy atom. The molecule has 0 amide bonds. The lowest BCUT2D eigenvalue weighted by Gasteiger charge is -2.13. The van der Waals surface area contributed by atoms with Crippen LogP contribution in [0.1, 0.15) is 18.9 Å².